The summed E-state index contributed by atoms with van der Waals surface area (Å²) < 4.78 is 7.10. The number of allylic oxidation sites excluding steroid dienone is 1. The van der Waals surface area contributed by atoms with Crippen molar-refractivity contribution in [3.05, 3.63) is 23.3 Å². The molecular weight excluding hydrogens is 306 g/mol. The van der Waals surface area contributed by atoms with E-state index < -0.39 is 0 Å². The fraction of sp³-hybridized carbons (Fsp3) is 0.706. The van der Waals surface area contributed by atoms with Crippen molar-refractivity contribution in [3.8, 4) is 0 Å². The van der Waals surface area contributed by atoms with Gasteiger partial charge in [0.15, 0.2) is 5.82 Å². The van der Waals surface area contributed by atoms with E-state index in [0.29, 0.717) is 13.0 Å². The van der Waals surface area contributed by atoms with Crippen LogP contribution >= 0.6 is 0 Å². The Balaban J connectivity index is 1.98. The third-order valence-corrected chi connectivity index (χ3v) is 4.20. The molecule has 0 fully saturated rings. The van der Waals surface area contributed by atoms with E-state index in [1.165, 1.54) is 5.57 Å². The first kappa shape index (κ1) is 18.6. The van der Waals surface area contributed by atoms with E-state index >= 15 is 0 Å². The van der Waals surface area contributed by atoms with Crippen LogP contribution in [-0.4, -0.2) is 58.9 Å². The summed E-state index contributed by atoms with van der Waals surface area (Å²) in [5.74, 6) is 1.81. The molecule has 0 bridgehead atoms. The number of hydrogen-bond acceptors (Lipinski definition) is 5. The molecule has 0 radical (unpaired) electrons. The number of ether oxygens (including phenoxy) is 1. The van der Waals surface area contributed by atoms with Gasteiger partial charge >= 0.3 is 0 Å². The standard InChI is InChI=1S/C17H29N5O2/c1-13(2)5-8-21-9-6-15-19-20-17(22(15)11-10-21)14(3)18-16(23)7-12-24-4/h5,14H,6-12H2,1-4H3,(H,18,23). The van der Waals surface area contributed by atoms with Gasteiger partial charge in [-0.1, -0.05) is 11.6 Å². The van der Waals surface area contributed by atoms with Gasteiger partial charge < -0.3 is 14.6 Å². The summed E-state index contributed by atoms with van der Waals surface area (Å²) in [6, 6.07) is -0.153. The summed E-state index contributed by atoms with van der Waals surface area (Å²) in [7, 11) is 1.59. The average Bonchev–Trinajstić information content (AvgIpc) is 2.84. The molecule has 7 nitrogen and oxygen atoms in total. The first-order chi connectivity index (χ1) is 11.5. The largest absolute Gasteiger partial charge is 0.384 e. The van der Waals surface area contributed by atoms with Gasteiger partial charge in [0.1, 0.15) is 5.82 Å². The van der Waals surface area contributed by atoms with Gasteiger partial charge in [-0.05, 0) is 20.8 Å². The highest BCUT2D eigenvalue weighted by Crippen LogP contribution is 2.15. The molecule has 0 aromatic carbocycles. The summed E-state index contributed by atoms with van der Waals surface area (Å²) in [6.07, 6.45) is 3.50. The predicted molar refractivity (Wildman–Crippen MR) is 92.6 cm³/mol. The quantitative estimate of drug-likeness (QED) is 0.761. The van der Waals surface area contributed by atoms with Crippen molar-refractivity contribution in [3.63, 3.8) is 0 Å². The number of methoxy groups -OCH3 is 1. The number of nitrogens with zero attached hydrogens (tertiary/aromatic N) is 4. The highest BCUT2D eigenvalue weighted by molar-refractivity contribution is 5.76. The van der Waals surface area contributed by atoms with Crippen LogP contribution in [-0.2, 0) is 22.5 Å². The van der Waals surface area contributed by atoms with Gasteiger partial charge in [0, 0.05) is 46.1 Å². The van der Waals surface area contributed by atoms with Gasteiger partial charge in [0.2, 0.25) is 5.91 Å². The molecule has 1 unspecified atom stereocenters. The van der Waals surface area contributed by atoms with Crippen LogP contribution in [0.3, 0.4) is 0 Å². The van der Waals surface area contributed by atoms with Crippen LogP contribution in [0.4, 0.5) is 0 Å². The van der Waals surface area contributed by atoms with Gasteiger partial charge in [-0.3, -0.25) is 9.69 Å². The van der Waals surface area contributed by atoms with Gasteiger partial charge in [-0.15, -0.1) is 10.2 Å². The number of amides is 1. The predicted octanol–water partition coefficient (Wildman–Crippen LogP) is 1.32. The first-order valence-electron chi connectivity index (χ1n) is 8.57. The van der Waals surface area contributed by atoms with Crippen molar-refractivity contribution in [1.82, 2.24) is 25.0 Å². The number of rotatable bonds is 7. The Morgan fingerprint density at radius 3 is 2.83 bits per heavy atom. The van der Waals surface area contributed by atoms with E-state index in [0.717, 1.165) is 44.2 Å². The minimum atomic E-state index is -0.153. The number of aromatic nitrogens is 3. The molecule has 0 spiro atoms. The minimum absolute atomic E-state index is 0.0273. The number of fused-ring (bicyclic) bond motifs is 1. The Kier molecular flexibility index (Phi) is 6.93. The van der Waals surface area contributed by atoms with Gasteiger partial charge in [-0.2, -0.15) is 0 Å². The zero-order chi connectivity index (χ0) is 17.5. The molecule has 1 atom stereocenters. The van der Waals surface area contributed by atoms with Gasteiger partial charge in [0.25, 0.3) is 0 Å². The molecular formula is C17H29N5O2. The maximum absolute atomic E-state index is 11.9. The van der Waals surface area contributed by atoms with Crippen LogP contribution in [0.1, 0.15) is 44.9 Å². The van der Waals surface area contributed by atoms with E-state index in [2.05, 4.69) is 44.9 Å². The molecule has 0 saturated carbocycles. The van der Waals surface area contributed by atoms with E-state index in [4.69, 9.17) is 4.74 Å². The van der Waals surface area contributed by atoms with Crippen molar-refractivity contribution in [2.75, 3.05) is 33.4 Å². The summed E-state index contributed by atoms with van der Waals surface area (Å²) in [4.78, 5) is 14.3. The third kappa shape index (κ3) is 5.14. The van der Waals surface area contributed by atoms with Crippen LogP contribution < -0.4 is 5.32 Å². The lowest BCUT2D eigenvalue weighted by molar-refractivity contribution is -0.122. The molecule has 1 aromatic rings. The van der Waals surface area contributed by atoms with E-state index in [1.54, 1.807) is 7.11 Å². The second-order valence-corrected chi connectivity index (χ2v) is 6.49. The van der Waals surface area contributed by atoms with Gasteiger partial charge in [-0.25, -0.2) is 0 Å². The Labute approximate surface area is 144 Å². The van der Waals surface area contributed by atoms with E-state index in [9.17, 15) is 4.79 Å². The molecule has 1 amide bonds. The Bertz CT molecular complexity index is 578. The summed E-state index contributed by atoms with van der Waals surface area (Å²) in [5.41, 5.74) is 1.34. The monoisotopic (exact) mass is 335 g/mol. The molecule has 2 rings (SSSR count). The topological polar surface area (TPSA) is 72.3 Å². The summed E-state index contributed by atoms with van der Waals surface area (Å²) >= 11 is 0. The minimum Gasteiger partial charge on any atom is -0.384 e. The first-order valence-corrected chi connectivity index (χ1v) is 8.57. The van der Waals surface area contributed by atoms with E-state index in [-0.39, 0.29) is 11.9 Å². The molecule has 24 heavy (non-hydrogen) atoms. The lowest BCUT2D eigenvalue weighted by atomic mass is 10.3. The molecule has 1 aliphatic rings. The van der Waals surface area contributed by atoms with Crippen molar-refractivity contribution in [1.29, 1.82) is 0 Å². The molecule has 0 saturated heterocycles. The fourth-order valence-corrected chi connectivity index (χ4v) is 2.78. The van der Waals surface area contributed by atoms with Gasteiger partial charge in [0.05, 0.1) is 12.6 Å². The highest BCUT2D eigenvalue weighted by Gasteiger charge is 2.22. The summed E-state index contributed by atoms with van der Waals surface area (Å²) in [5, 5.41) is 11.6. The van der Waals surface area contributed by atoms with Crippen LogP contribution in [0.5, 0.6) is 0 Å². The van der Waals surface area contributed by atoms with Crippen LogP contribution in [0, 0.1) is 0 Å². The number of nitrogens with one attached hydrogen (secondary N) is 1. The van der Waals surface area contributed by atoms with Crippen molar-refractivity contribution >= 4 is 5.91 Å². The van der Waals surface area contributed by atoms with E-state index in [1.807, 2.05) is 6.92 Å². The van der Waals surface area contributed by atoms with Crippen molar-refractivity contribution in [2.45, 2.75) is 46.2 Å². The van der Waals surface area contributed by atoms with Crippen molar-refractivity contribution < 1.29 is 9.53 Å². The second-order valence-electron chi connectivity index (χ2n) is 6.49. The Morgan fingerprint density at radius 2 is 2.12 bits per heavy atom. The zero-order valence-electron chi connectivity index (χ0n) is 15.2. The molecule has 0 aliphatic carbocycles. The fourth-order valence-electron chi connectivity index (χ4n) is 2.78. The highest BCUT2D eigenvalue weighted by atomic mass is 16.5. The Hall–Kier alpha value is -1.73. The molecule has 2 heterocycles. The van der Waals surface area contributed by atoms with Crippen LogP contribution in [0.25, 0.3) is 0 Å². The van der Waals surface area contributed by atoms with Crippen LogP contribution in [0.2, 0.25) is 0 Å². The van der Waals surface area contributed by atoms with Crippen molar-refractivity contribution in [2.24, 2.45) is 0 Å². The second kappa shape index (κ2) is 8.94. The maximum atomic E-state index is 11.9. The number of carbonyl (C=O) groups excluding carboxylic acids is 1. The molecule has 1 aromatic heterocycles. The third-order valence-electron chi connectivity index (χ3n) is 4.20. The lowest BCUT2D eigenvalue weighted by Crippen LogP contribution is -2.30. The number of hydrogen-bond donors (Lipinski definition) is 1. The Morgan fingerprint density at radius 1 is 1.33 bits per heavy atom. The SMILES string of the molecule is COCCC(=O)NC(C)c1nnc2n1CCN(CC=C(C)C)CC2. The normalized spacial score (nSPS) is 16.2. The molecule has 1 N–H and O–H groups in total. The zero-order valence-corrected chi connectivity index (χ0v) is 15.2. The molecule has 134 valence electrons. The smallest absolute Gasteiger partial charge is 0.222 e. The molecule has 1 aliphatic heterocycles. The maximum Gasteiger partial charge on any atom is 0.222 e. The average molecular weight is 335 g/mol. The number of carbonyl (C=O) groups is 1. The van der Waals surface area contributed by atoms with Crippen LogP contribution in [0.15, 0.2) is 11.6 Å². The lowest BCUT2D eigenvalue weighted by Gasteiger charge is -2.18. The summed E-state index contributed by atoms with van der Waals surface area (Å²) in [6.45, 7) is 10.4. The molecule has 7 heteroatoms.